The Labute approximate surface area is 189 Å². The molecule has 0 atom stereocenters. The van der Waals surface area contributed by atoms with Crippen molar-refractivity contribution in [3.63, 3.8) is 0 Å². The topological polar surface area (TPSA) is 279 Å². The van der Waals surface area contributed by atoms with Gasteiger partial charge in [-0.1, -0.05) is 11.6 Å². The van der Waals surface area contributed by atoms with Crippen molar-refractivity contribution < 1.29 is 34.6 Å². The molecule has 0 unspecified atom stereocenters. The molecule has 19 nitrogen and oxygen atoms in total. The minimum atomic E-state index is -1.21. The second-order valence-corrected chi connectivity index (χ2v) is 5.55. The smallest absolute Gasteiger partial charge is 0.324 e. The van der Waals surface area contributed by atoms with Crippen molar-refractivity contribution in [3.8, 4) is 5.75 Å². The molecular formula is C12H6Cl2N6O13. The molecule has 0 heterocycles. The fraction of sp³-hybridized carbons (Fsp3) is 0. The van der Waals surface area contributed by atoms with Crippen LogP contribution in [0.25, 0.3) is 0 Å². The third-order valence-corrected chi connectivity index (χ3v) is 3.67. The number of aromatic hydroxyl groups is 1. The zero-order chi connectivity index (χ0) is 24.9. The first-order chi connectivity index (χ1) is 14.7. The van der Waals surface area contributed by atoms with Crippen LogP contribution in [0.15, 0.2) is 24.3 Å². The quantitative estimate of drug-likeness (QED) is 0.427. The van der Waals surface area contributed by atoms with E-state index in [0.29, 0.717) is 24.3 Å². The summed E-state index contributed by atoms with van der Waals surface area (Å²) in [5.41, 5.74) is -5.51. The second-order valence-electron chi connectivity index (χ2n) is 5.17. The number of hydrogen-bond donors (Lipinski definition) is 1. The van der Waals surface area contributed by atoms with Crippen LogP contribution in [0.1, 0.15) is 0 Å². The molecule has 0 spiro atoms. The van der Waals surface area contributed by atoms with E-state index in [9.17, 15) is 60.7 Å². The summed E-state index contributed by atoms with van der Waals surface area (Å²) in [5, 5.41) is 70.8. The van der Waals surface area contributed by atoms with Crippen molar-refractivity contribution in [2.75, 3.05) is 0 Å². The monoisotopic (exact) mass is 512 g/mol. The van der Waals surface area contributed by atoms with E-state index in [2.05, 4.69) is 0 Å². The minimum absolute atomic E-state index is 0. The van der Waals surface area contributed by atoms with Gasteiger partial charge in [-0.25, -0.2) is 0 Å². The van der Waals surface area contributed by atoms with E-state index >= 15 is 0 Å². The van der Waals surface area contributed by atoms with Crippen molar-refractivity contribution in [3.05, 3.63) is 90.0 Å². The van der Waals surface area contributed by atoms with E-state index < -0.39 is 74.4 Å². The number of nitro benzene ring substituents is 6. The van der Waals surface area contributed by atoms with Crippen LogP contribution in [0.5, 0.6) is 5.75 Å². The summed E-state index contributed by atoms with van der Waals surface area (Å²) in [5.74, 6) is -1.21. The molecule has 21 heteroatoms. The lowest BCUT2D eigenvalue weighted by Crippen LogP contribution is -1.98. The Balaban J connectivity index is 0.000000602. The molecule has 176 valence electrons. The van der Waals surface area contributed by atoms with Crippen molar-refractivity contribution >= 4 is 58.1 Å². The molecule has 2 rings (SSSR count). The first-order valence-electron chi connectivity index (χ1n) is 7.25. The van der Waals surface area contributed by atoms with Gasteiger partial charge in [0, 0.05) is 0 Å². The van der Waals surface area contributed by atoms with E-state index in [4.69, 9.17) is 16.7 Å². The average Bonchev–Trinajstić information content (AvgIpc) is 2.67. The summed E-state index contributed by atoms with van der Waals surface area (Å²) >= 11 is 5.37. The molecule has 33 heavy (non-hydrogen) atoms. The molecule has 0 saturated carbocycles. The van der Waals surface area contributed by atoms with Gasteiger partial charge in [0.05, 0.1) is 53.8 Å². The van der Waals surface area contributed by atoms with Gasteiger partial charge in [-0.3, -0.25) is 60.7 Å². The molecule has 0 bridgehead atoms. The van der Waals surface area contributed by atoms with Gasteiger partial charge in [0.15, 0.2) is 5.02 Å². The van der Waals surface area contributed by atoms with Gasteiger partial charge in [0.2, 0.25) is 0 Å². The van der Waals surface area contributed by atoms with Gasteiger partial charge in [-0.05, 0) is 0 Å². The normalized spacial score (nSPS) is 9.48. The number of benzene rings is 2. The number of hydrogen-bond acceptors (Lipinski definition) is 13. The van der Waals surface area contributed by atoms with Gasteiger partial charge in [0.25, 0.3) is 17.1 Å². The zero-order valence-electron chi connectivity index (χ0n) is 15.1. The molecule has 0 aliphatic carbocycles. The number of nitrogens with zero attached hydrogens (tertiary/aromatic N) is 6. The summed E-state index contributed by atoms with van der Waals surface area (Å²) in [6.45, 7) is 0. The maximum absolute atomic E-state index is 10.4. The summed E-state index contributed by atoms with van der Waals surface area (Å²) in [7, 11) is 0. The highest BCUT2D eigenvalue weighted by atomic mass is 35.5. The number of nitro groups is 6. The highest BCUT2D eigenvalue weighted by Crippen LogP contribution is 2.39. The number of non-ortho nitro benzene ring substituents is 2. The number of rotatable bonds is 6. The predicted octanol–water partition coefficient (Wildman–Crippen LogP) is 3.60. The van der Waals surface area contributed by atoms with Gasteiger partial charge in [-0.15, -0.1) is 12.4 Å². The van der Waals surface area contributed by atoms with Gasteiger partial charge >= 0.3 is 22.7 Å². The number of phenols is 1. The molecular weight excluding hydrogens is 507 g/mol. The third kappa shape index (κ3) is 6.60. The Bertz CT molecular complexity index is 1020. The van der Waals surface area contributed by atoms with E-state index in [1.807, 2.05) is 0 Å². The largest absolute Gasteiger partial charge is 0.497 e. The van der Waals surface area contributed by atoms with Gasteiger partial charge < -0.3 is 5.11 Å². The Hall–Kier alpha value is -4.78. The number of phenolic OH excluding ortho intramolecular Hbond substituents is 1. The predicted molar refractivity (Wildman–Crippen MR) is 107 cm³/mol. The van der Waals surface area contributed by atoms with E-state index in [-0.39, 0.29) is 12.4 Å². The first kappa shape index (κ1) is 28.2. The lowest BCUT2D eigenvalue weighted by Gasteiger charge is -1.97. The van der Waals surface area contributed by atoms with Crippen LogP contribution in [0.4, 0.5) is 34.1 Å². The Kier molecular flexibility index (Phi) is 9.42. The SMILES string of the molecule is Cl.O=[N+]([O-])c1cc([N+](=O)[O-])c(Cl)c([N+](=O)[O-])c1.O=[N+]([O-])c1cc([N+](=O)[O-])c(O)c([N+](=O)[O-])c1. The Morgan fingerprint density at radius 1 is 0.545 bits per heavy atom. The van der Waals surface area contributed by atoms with Crippen molar-refractivity contribution in [2.24, 2.45) is 0 Å². The summed E-state index contributed by atoms with van der Waals surface area (Å²) < 4.78 is 0. The lowest BCUT2D eigenvalue weighted by molar-refractivity contribution is -0.404. The van der Waals surface area contributed by atoms with Crippen molar-refractivity contribution in [1.29, 1.82) is 0 Å². The maximum Gasteiger partial charge on any atom is 0.324 e. The highest BCUT2D eigenvalue weighted by Gasteiger charge is 2.30. The van der Waals surface area contributed by atoms with Crippen LogP contribution >= 0.6 is 24.0 Å². The maximum atomic E-state index is 10.4. The molecule has 0 saturated heterocycles. The van der Waals surface area contributed by atoms with Crippen LogP contribution in [0.2, 0.25) is 5.02 Å². The molecule has 0 aliphatic heterocycles. The van der Waals surface area contributed by atoms with Crippen molar-refractivity contribution in [2.45, 2.75) is 0 Å². The molecule has 2 aromatic rings. The summed E-state index contributed by atoms with van der Waals surface area (Å²) in [4.78, 5) is 56.0. The molecule has 2 aromatic carbocycles. The average molecular weight is 513 g/mol. The van der Waals surface area contributed by atoms with Crippen LogP contribution in [-0.4, -0.2) is 34.6 Å². The number of halogens is 2. The molecule has 0 fully saturated rings. The lowest BCUT2D eigenvalue weighted by atomic mass is 10.2. The highest BCUT2D eigenvalue weighted by molar-refractivity contribution is 6.34. The van der Waals surface area contributed by atoms with E-state index in [1.165, 1.54) is 0 Å². The van der Waals surface area contributed by atoms with Crippen LogP contribution in [0, 0.1) is 60.7 Å². The zero-order valence-corrected chi connectivity index (χ0v) is 16.7. The Morgan fingerprint density at radius 3 is 1.00 bits per heavy atom. The summed E-state index contributed by atoms with van der Waals surface area (Å²) in [6, 6.07) is 2.02. The van der Waals surface area contributed by atoms with Crippen molar-refractivity contribution in [1.82, 2.24) is 0 Å². The minimum Gasteiger partial charge on any atom is -0.497 e. The Morgan fingerprint density at radius 2 is 0.788 bits per heavy atom. The first-order valence-corrected chi connectivity index (χ1v) is 7.63. The van der Waals surface area contributed by atoms with E-state index in [0.717, 1.165) is 0 Å². The fourth-order valence-corrected chi connectivity index (χ4v) is 2.17. The van der Waals surface area contributed by atoms with Gasteiger partial charge in [-0.2, -0.15) is 0 Å². The molecule has 0 amide bonds. The molecule has 0 aliphatic rings. The van der Waals surface area contributed by atoms with Crippen LogP contribution in [0.3, 0.4) is 0 Å². The molecule has 0 radical (unpaired) electrons. The molecule has 1 N–H and O–H groups in total. The standard InChI is InChI=1S/C6H2ClN3O6.C6H3N3O7.ClH/c7-6-4(9(13)14)1-3(8(11)12)2-5(6)10(15)16;10-6-4(8(13)14)1-3(7(11)12)2-5(6)9(15)16;/h1-2H;1-2,10H;1H. The third-order valence-electron chi connectivity index (χ3n) is 3.28. The van der Waals surface area contributed by atoms with E-state index in [1.54, 1.807) is 0 Å². The second kappa shape index (κ2) is 11.0. The van der Waals surface area contributed by atoms with Crippen LogP contribution in [-0.2, 0) is 0 Å². The van der Waals surface area contributed by atoms with Crippen LogP contribution < -0.4 is 0 Å². The fourth-order valence-electron chi connectivity index (χ4n) is 1.92. The van der Waals surface area contributed by atoms with Gasteiger partial charge in [0.1, 0.15) is 0 Å². The summed E-state index contributed by atoms with van der Waals surface area (Å²) in [6.07, 6.45) is 0. The molecule has 0 aromatic heterocycles.